The zero-order valence-electron chi connectivity index (χ0n) is 12.4. The van der Waals surface area contributed by atoms with Crippen molar-refractivity contribution in [3.63, 3.8) is 0 Å². The number of benzene rings is 1. The highest BCUT2D eigenvalue weighted by molar-refractivity contribution is 5.49. The van der Waals surface area contributed by atoms with Crippen LogP contribution in [0.15, 0.2) is 24.3 Å². The molecule has 2 heteroatoms. The van der Waals surface area contributed by atoms with Gasteiger partial charge in [-0.25, -0.2) is 0 Å². The van der Waals surface area contributed by atoms with Crippen molar-refractivity contribution in [2.45, 2.75) is 39.7 Å². The molecule has 0 aliphatic rings. The summed E-state index contributed by atoms with van der Waals surface area (Å²) in [5.74, 6) is 2.73. The van der Waals surface area contributed by atoms with E-state index in [1.807, 2.05) is 0 Å². The Morgan fingerprint density at radius 1 is 1.21 bits per heavy atom. The third kappa shape index (κ3) is 4.96. The summed E-state index contributed by atoms with van der Waals surface area (Å²) in [6.45, 7) is 9.31. The van der Waals surface area contributed by atoms with E-state index in [4.69, 9.17) is 6.42 Å². The topological polar surface area (TPSA) is 15.3 Å². The van der Waals surface area contributed by atoms with Gasteiger partial charge in [0.15, 0.2) is 0 Å². The van der Waals surface area contributed by atoms with Crippen LogP contribution < -0.4 is 10.2 Å². The van der Waals surface area contributed by atoms with Gasteiger partial charge in [-0.2, -0.15) is 0 Å². The highest BCUT2D eigenvalue weighted by Gasteiger charge is 2.07. The molecule has 0 radical (unpaired) electrons. The fourth-order valence-corrected chi connectivity index (χ4v) is 2.13. The number of anilines is 1. The van der Waals surface area contributed by atoms with Crippen LogP contribution in [0.1, 0.15) is 45.2 Å². The van der Waals surface area contributed by atoms with Gasteiger partial charge < -0.3 is 10.2 Å². The van der Waals surface area contributed by atoms with Gasteiger partial charge in [0.25, 0.3) is 0 Å². The summed E-state index contributed by atoms with van der Waals surface area (Å²) in [7, 11) is 0. The molecule has 104 valence electrons. The van der Waals surface area contributed by atoms with Crippen molar-refractivity contribution in [3.05, 3.63) is 29.8 Å². The zero-order valence-corrected chi connectivity index (χ0v) is 12.4. The Morgan fingerprint density at radius 3 is 2.42 bits per heavy atom. The molecule has 1 unspecified atom stereocenters. The second-order valence-corrected chi connectivity index (χ2v) is 4.89. The van der Waals surface area contributed by atoms with Gasteiger partial charge in [0, 0.05) is 18.3 Å². The smallest absolute Gasteiger partial charge is 0.0791 e. The van der Waals surface area contributed by atoms with Gasteiger partial charge in [0.1, 0.15) is 0 Å². The Morgan fingerprint density at radius 2 is 1.89 bits per heavy atom. The molecule has 0 saturated carbocycles. The molecular weight excluding hydrogens is 232 g/mol. The summed E-state index contributed by atoms with van der Waals surface area (Å²) >= 11 is 0. The lowest BCUT2D eigenvalue weighted by atomic mass is 10.1. The minimum absolute atomic E-state index is 0.404. The lowest BCUT2D eigenvalue weighted by molar-refractivity contribution is 0.570. The van der Waals surface area contributed by atoms with Gasteiger partial charge in [-0.05, 0) is 44.0 Å². The average Bonchev–Trinajstić information content (AvgIpc) is 2.44. The minimum atomic E-state index is 0.404. The molecule has 1 aromatic carbocycles. The van der Waals surface area contributed by atoms with Gasteiger partial charge in [-0.3, -0.25) is 0 Å². The lowest BCUT2D eigenvalue weighted by Crippen LogP contribution is -2.24. The van der Waals surface area contributed by atoms with Crippen LogP contribution in [0, 0.1) is 12.3 Å². The molecule has 0 aliphatic heterocycles. The predicted molar refractivity (Wildman–Crippen MR) is 84.5 cm³/mol. The van der Waals surface area contributed by atoms with Crippen molar-refractivity contribution in [2.24, 2.45) is 0 Å². The molecule has 0 fully saturated rings. The summed E-state index contributed by atoms with van der Waals surface area (Å²) in [6.07, 6.45) is 7.70. The van der Waals surface area contributed by atoms with E-state index in [1.165, 1.54) is 11.3 Å². The Kier molecular flexibility index (Phi) is 7.07. The maximum absolute atomic E-state index is 5.43. The Hall–Kier alpha value is -1.46. The molecule has 1 atom stereocenters. The highest BCUT2D eigenvalue weighted by Crippen LogP contribution is 2.19. The van der Waals surface area contributed by atoms with Gasteiger partial charge >= 0.3 is 0 Å². The largest absolute Gasteiger partial charge is 0.360 e. The van der Waals surface area contributed by atoms with Crippen LogP contribution in [0.25, 0.3) is 0 Å². The van der Waals surface area contributed by atoms with Crippen LogP contribution in [0.4, 0.5) is 5.69 Å². The standard InChI is InChI=1S/C17H26N2/c1-5-12-18-15(4)16-8-10-17(11-9-16)19(13-6-2)14-7-3/h2,8-11,15,18H,5,7,12-14H2,1,3-4H3. The van der Waals surface area contributed by atoms with Crippen LogP contribution in [0.2, 0.25) is 0 Å². The van der Waals surface area contributed by atoms with Gasteiger partial charge in [0.2, 0.25) is 0 Å². The van der Waals surface area contributed by atoms with Crippen molar-refractivity contribution < 1.29 is 0 Å². The fourth-order valence-electron chi connectivity index (χ4n) is 2.13. The van der Waals surface area contributed by atoms with E-state index in [0.717, 1.165) is 25.9 Å². The molecule has 0 heterocycles. The molecular formula is C17H26N2. The van der Waals surface area contributed by atoms with Gasteiger partial charge in [-0.15, -0.1) is 6.42 Å². The van der Waals surface area contributed by atoms with Crippen LogP contribution >= 0.6 is 0 Å². The van der Waals surface area contributed by atoms with E-state index in [2.05, 4.69) is 61.2 Å². The van der Waals surface area contributed by atoms with Crippen molar-refractivity contribution in [1.29, 1.82) is 0 Å². The van der Waals surface area contributed by atoms with Gasteiger partial charge in [0.05, 0.1) is 6.54 Å². The monoisotopic (exact) mass is 258 g/mol. The molecule has 0 aliphatic carbocycles. The summed E-state index contributed by atoms with van der Waals surface area (Å²) in [5, 5.41) is 3.50. The van der Waals surface area contributed by atoms with Crippen molar-refractivity contribution in [2.75, 3.05) is 24.5 Å². The van der Waals surface area contributed by atoms with Crippen molar-refractivity contribution in [3.8, 4) is 12.3 Å². The number of nitrogens with one attached hydrogen (secondary N) is 1. The third-order valence-corrected chi connectivity index (χ3v) is 3.23. The number of hydrogen-bond acceptors (Lipinski definition) is 2. The summed E-state index contributed by atoms with van der Waals surface area (Å²) in [4.78, 5) is 2.24. The zero-order chi connectivity index (χ0) is 14.1. The van der Waals surface area contributed by atoms with E-state index in [9.17, 15) is 0 Å². The molecule has 1 N–H and O–H groups in total. The molecule has 1 rings (SSSR count). The van der Waals surface area contributed by atoms with Gasteiger partial charge in [-0.1, -0.05) is 31.9 Å². The Balaban J connectivity index is 2.71. The van der Waals surface area contributed by atoms with Crippen LogP contribution in [-0.2, 0) is 0 Å². The molecule has 2 nitrogen and oxygen atoms in total. The maximum Gasteiger partial charge on any atom is 0.0791 e. The molecule has 0 bridgehead atoms. The highest BCUT2D eigenvalue weighted by atomic mass is 15.1. The molecule has 1 aromatic rings. The molecule has 0 aromatic heterocycles. The molecule has 0 saturated heterocycles. The first-order valence-corrected chi connectivity index (χ1v) is 7.24. The quantitative estimate of drug-likeness (QED) is 0.717. The molecule has 19 heavy (non-hydrogen) atoms. The third-order valence-electron chi connectivity index (χ3n) is 3.23. The average molecular weight is 258 g/mol. The maximum atomic E-state index is 5.43. The number of hydrogen-bond donors (Lipinski definition) is 1. The summed E-state index contributed by atoms with van der Waals surface area (Å²) < 4.78 is 0. The SMILES string of the molecule is C#CCN(CCC)c1ccc(C(C)NCCC)cc1. The number of nitrogens with zero attached hydrogens (tertiary/aromatic N) is 1. The minimum Gasteiger partial charge on any atom is -0.360 e. The summed E-state index contributed by atoms with van der Waals surface area (Å²) in [5.41, 5.74) is 2.54. The Bertz CT molecular complexity index is 389. The lowest BCUT2D eigenvalue weighted by Gasteiger charge is -2.22. The second kappa shape index (κ2) is 8.61. The van der Waals surface area contributed by atoms with E-state index in [1.54, 1.807) is 0 Å². The summed E-state index contributed by atoms with van der Waals surface area (Å²) in [6, 6.07) is 9.14. The number of terminal acetylenes is 1. The fraction of sp³-hybridized carbons (Fsp3) is 0.529. The second-order valence-electron chi connectivity index (χ2n) is 4.89. The first-order chi connectivity index (χ1) is 9.22. The van der Waals surface area contributed by atoms with Crippen LogP contribution in [-0.4, -0.2) is 19.6 Å². The van der Waals surface area contributed by atoms with Crippen LogP contribution in [0.3, 0.4) is 0 Å². The van der Waals surface area contributed by atoms with E-state index in [-0.39, 0.29) is 0 Å². The van der Waals surface area contributed by atoms with E-state index in [0.29, 0.717) is 12.6 Å². The van der Waals surface area contributed by atoms with E-state index < -0.39 is 0 Å². The van der Waals surface area contributed by atoms with Crippen molar-refractivity contribution in [1.82, 2.24) is 5.32 Å². The molecule has 0 amide bonds. The first kappa shape index (κ1) is 15.6. The van der Waals surface area contributed by atoms with Crippen LogP contribution in [0.5, 0.6) is 0 Å². The normalized spacial score (nSPS) is 11.9. The first-order valence-electron chi connectivity index (χ1n) is 7.24. The Labute approximate surface area is 118 Å². The molecule has 0 spiro atoms. The van der Waals surface area contributed by atoms with Crippen molar-refractivity contribution >= 4 is 5.69 Å². The predicted octanol–water partition coefficient (Wildman–Crippen LogP) is 3.60. The number of rotatable bonds is 8. The van der Waals surface area contributed by atoms with E-state index >= 15 is 0 Å².